The molecular formula is C21H24N2O6. The van der Waals surface area contributed by atoms with E-state index in [0.717, 1.165) is 5.69 Å². The molecule has 8 heteroatoms. The molecule has 1 aliphatic heterocycles. The van der Waals surface area contributed by atoms with Crippen molar-refractivity contribution in [3.8, 4) is 5.75 Å². The van der Waals surface area contributed by atoms with Crippen LogP contribution in [0, 0.1) is 13.8 Å². The highest BCUT2D eigenvalue weighted by Crippen LogP contribution is 2.30. The van der Waals surface area contributed by atoms with Crippen LogP contribution in [-0.2, 0) is 11.3 Å². The summed E-state index contributed by atoms with van der Waals surface area (Å²) in [6.07, 6.45) is 2.69. The number of fused-ring (bicyclic) bond motifs is 1. The van der Waals surface area contributed by atoms with Gasteiger partial charge in [-0.1, -0.05) is 0 Å². The number of aromatic nitrogens is 1. The fraction of sp³-hybridized carbons (Fsp3) is 0.429. The first kappa shape index (κ1) is 19.5. The van der Waals surface area contributed by atoms with Gasteiger partial charge in [-0.25, -0.2) is 4.98 Å². The van der Waals surface area contributed by atoms with E-state index in [9.17, 15) is 9.90 Å². The van der Waals surface area contributed by atoms with Gasteiger partial charge in [-0.3, -0.25) is 4.79 Å². The lowest BCUT2D eigenvalue weighted by molar-refractivity contribution is 0.0125. The second-order valence-corrected chi connectivity index (χ2v) is 7.37. The number of rotatable bonds is 6. The first-order chi connectivity index (χ1) is 14.0. The summed E-state index contributed by atoms with van der Waals surface area (Å²) in [7, 11) is 0. The van der Waals surface area contributed by atoms with Gasteiger partial charge in [-0.2, -0.15) is 0 Å². The Morgan fingerprint density at radius 3 is 2.79 bits per heavy atom. The van der Waals surface area contributed by atoms with Crippen LogP contribution in [0.15, 0.2) is 33.3 Å². The van der Waals surface area contributed by atoms with E-state index >= 15 is 0 Å². The van der Waals surface area contributed by atoms with E-state index in [0.29, 0.717) is 60.0 Å². The van der Waals surface area contributed by atoms with Crippen LogP contribution < -0.4 is 10.1 Å². The lowest BCUT2D eigenvalue weighted by Gasteiger charge is -2.36. The number of aryl methyl sites for hydroxylation is 2. The zero-order chi connectivity index (χ0) is 20.4. The minimum Gasteiger partial charge on any atom is -0.484 e. The van der Waals surface area contributed by atoms with E-state index < -0.39 is 5.54 Å². The van der Waals surface area contributed by atoms with Crippen LogP contribution in [0.25, 0.3) is 11.0 Å². The Bertz CT molecular complexity index is 1020. The molecule has 0 aliphatic carbocycles. The Balaban J connectivity index is 1.58. The number of oxazole rings is 1. The fourth-order valence-corrected chi connectivity index (χ4v) is 3.57. The van der Waals surface area contributed by atoms with Crippen molar-refractivity contribution in [2.45, 2.75) is 38.8 Å². The van der Waals surface area contributed by atoms with Gasteiger partial charge < -0.3 is 28.7 Å². The van der Waals surface area contributed by atoms with Crippen molar-refractivity contribution in [3.63, 3.8) is 0 Å². The van der Waals surface area contributed by atoms with Crippen molar-refractivity contribution in [2.24, 2.45) is 0 Å². The number of aliphatic hydroxyl groups is 1. The smallest absolute Gasteiger partial charge is 0.255 e. The molecule has 2 aromatic heterocycles. The topological polar surface area (TPSA) is 107 Å². The third kappa shape index (κ3) is 3.99. The molecule has 29 heavy (non-hydrogen) atoms. The summed E-state index contributed by atoms with van der Waals surface area (Å²) < 4.78 is 22.2. The number of furan rings is 1. The molecule has 1 aromatic carbocycles. The van der Waals surface area contributed by atoms with Crippen LogP contribution in [0.4, 0.5) is 0 Å². The molecule has 0 unspecified atom stereocenters. The molecule has 0 atom stereocenters. The summed E-state index contributed by atoms with van der Waals surface area (Å²) in [6.45, 7) is 4.65. The largest absolute Gasteiger partial charge is 0.484 e. The highest BCUT2D eigenvalue weighted by Gasteiger charge is 2.35. The second-order valence-electron chi connectivity index (χ2n) is 7.37. The van der Waals surface area contributed by atoms with Crippen molar-refractivity contribution in [1.29, 1.82) is 0 Å². The van der Waals surface area contributed by atoms with Gasteiger partial charge in [0.2, 0.25) is 5.89 Å². The molecule has 0 bridgehead atoms. The number of carbonyl (C=O) groups is 1. The number of nitrogens with zero attached hydrogens (tertiary/aromatic N) is 1. The quantitative estimate of drug-likeness (QED) is 0.655. The zero-order valence-corrected chi connectivity index (χ0v) is 16.5. The van der Waals surface area contributed by atoms with Crippen LogP contribution in [0.5, 0.6) is 5.75 Å². The van der Waals surface area contributed by atoms with Gasteiger partial charge in [-0.15, -0.1) is 0 Å². The first-order valence-electron chi connectivity index (χ1n) is 9.58. The van der Waals surface area contributed by atoms with Gasteiger partial charge in [0.1, 0.15) is 23.4 Å². The standard InChI is InChI=1S/C21H24N2O6/c1-13-10-28-18(22-13)11-27-15-3-4-17-16(9-15)19(14(2)29-17)20(25)23-21(12-24)5-7-26-8-6-21/h3-4,9-10,24H,5-8,11-12H2,1-2H3,(H,23,25). The third-order valence-corrected chi connectivity index (χ3v) is 5.22. The van der Waals surface area contributed by atoms with Crippen LogP contribution in [0.2, 0.25) is 0 Å². The fourth-order valence-electron chi connectivity index (χ4n) is 3.57. The highest BCUT2D eigenvalue weighted by molar-refractivity contribution is 6.07. The van der Waals surface area contributed by atoms with E-state index in [2.05, 4.69) is 10.3 Å². The Kier molecular flexibility index (Phi) is 5.29. The van der Waals surface area contributed by atoms with E-state index in [1.807, 2.05) is 6.92 Å². The Morgan fingerprint density at radius 2 is 2.10 bits per heavy atom. The van der Waals surface area contributed by atoms with E-state index in [-0.39, 0.29) is 19.1 Å². The Morgan fingerprint density at radius 1 is 1.31 bits per heavy atom. The van der Waals surface area contributed by atoms with Gasteiger partial charge >= 0.3 is 0 Å². The van der Waals surface area contributed by atoms with Crippen LogP contribution in [-0.4, -0.2) is 41.4 Å². The van der Waals surface area contributed by atoms with Crippen LogP contribution in [0.3, 0.4) is 0 Å². The molecule has 1 aliphatic rings. The van der Waals surface area contributed by atoms with E-state index in [4.69, 9.17) is 18.3 Å². The molecule has 1 fully saturated rings. The van der Waals surface area contributed by atoms with Crippen LogP contribution in [0.1, 0.15) is 40.5 Å². The number of hydrogen-bond donors (Lipinski definition) is 2. The summed E-state index contributed by atoms with van der Waals surface area (Å²) in [4.78, 5) is 17.3. The molecule has 1 amide bonds. The SMILES string of the molecule is Cc1coc(COc2ccc3oc(C)c(C(=O)NC4(CO)CCOCC4)c3c2)n1. The third-order valence-electron chi connectivity index (χ3n) is 5.22. The maximum Gasteiger partial charge on any atom is 0.255 e. The minimum absolute atomic E-state index is 0.138. The molecule has 3 aromatic rings. The van der Waals surface area contributed by atoms with Gasteiger partial charge in [0.15, 0.2) is 6.61 Å². The average molecular weight is 400 g/mol. The van der Waals surface area contributed by atoms with Gasteiger partial charge in [0.05, 0.1) is 23.4 Å². The highest BCUT2D eigenvalue weighted by atomic mass is 16.5. The minimum atomic E-state index is -0.678. The molecule has 2 N–H and O–H groups in total. The van der Waals surface area contributed by atoms with Gasteiger partial charge in [-0.05, 0) is 44.9 Å². The summed E-state index contributed by atoms with van der Waals surface area (Å²) in [6, 6.07) is 5.31. The maximum absolute atomic E-state index is 13.1. The number of ether oxygens (including phenoxy) is 2. The Labute approximate surface area is 167 Å². The number of aliphatic hydroxyl groups excluding tert-OH is 1. The molecule has 0 radical (unpaired) electrons. The lowest BCUT2D eigenvalue weighted by atomic mass is 9.90. The summed E-state index contributed by atoms with van der Waals surface area (Å²) >= 11 is 0. The summed E-state index contributed by atoms with van der Waals surface area (Å²) in [5.41, 5.74) is 1.14. The predicted octanol–water partition coefficient (Wildman–Crippen LogP) is 2.89. The maximum atomic E-state index is 13.1. The monoisotopic (exact) mass is 400 g/mol. The molecule has 8 nitrogen and oxygen atoms in total. The zero-order valence-electron chi connectivity index (χ0n) is 16.5. The van der Waals surface area contributed by atoms with E-state index in [1.165, 1.54) is 0 Å². The van der Waals surface area contributed by atoms with Crippen molar-refractivity contribution in [2.75, 3.05) is 19.8 Å². The number of benzene rings is 1. The van der Waals surface area contributed by atoms with Crippen molar-refractivity contribution >= 4 is 16.9 Å². The summed E-state index contributed by atoms with van der Waals surface area (Å²) in [5.74, 6) is 1.29. The molecule has 154 valence electrons. The van der Waals surface area contributed by atoms with Crippen LogP contribution >= 0.6 is 0 Å². The molecule has 0 saturated carbocycles. The average Bonchev–Trinajstić information content (AvgIpc) is 3.28. The normalized spacial score (nSPS) is 16.1. The van der Waals surface area contributed by atoms with Gasteiger partial charge in [0.25, 0.3) is 5.91 Å². The van der Waals surface area contributed by atoms with E-state index in [1.54, 1.807) is 31.4 Å². The molecule has 3 heterocycles. The van der Waals surface area contributed by atoms with Crippen molar-refractivity contribution in [1.82, 2.24) is 10.3 Å². The number of carbonyl (C=O) groups excluding carboxylic acids is 1. The number of amides is 1. The number of nitrogens with one attached hydrogen (secondary N) is 1. The predicted molar refractivity (Wildman–Crippen MR) is 104 cm³/mol. The van der Waals surface area contributed by atoms with Crippen molar-refractivity contribution in [3.05, 3.63) is 47.4 Å². The Hall–Kier alpha value is -2.84. The molecule has 1 saturated heterocycles. The number of hydrogen-bond acceptors (Lipinski definition) is 7. The first-order valence-corrected chi connectivity index (χ1v) is 9.58. The molecule has 0 spiro atoms. The summed E-state index contributed by atoms with van der Waals surface area (Å²) in [5, 5.41) is 13.5. The molecule has 4 rings (SSSR count). The lowest BCUT2D eigenvalue weighted by Crippen LogP contribution is -2.54. The van der Waals surface area contributed by atoms with Crippen molar-refractivity contribution < 1.29 is 28.2 Å². The van der Waals surface area contributed by atoms with Gasteiger partial charge in [0, 0.05) is 18.6 Å². The molecular weight excluding hydrogens is 376 g/mol. The second kappa shape index (κ2) is 7.88.